The predicted molar refractivity (Wildman–Crippen MR) is 366 cm³/mol. The Hall–Kier alpha value is -2.78. The number of imidazole rings is 1. The van der Waals surface area contributed by atoms with Crippen molar-refractivity contribution in [2.75, 3.05) is 24.3 Å². The quantitative estimate of drug-likeness (QED) is 0.0894. The van der Waals surface area contributed by atoms with Crippen LogP contribution in [0.4, 0.5) is 11.8 Å². The number of carbonyl (C=O) groups is 1. The van der Waals surface area contributed by atoms with Crippen molar-refractivity contribution in [1.29, 1.82) is 0 Å². The standard InChI is InChI=1S/C61H116N8O11Si6/c1-38(2)50(70)66-54-65-49-43(51(71)67-54)63-42(69(49)53-47(80-86(31,32)61(18,19)20)45(78-84(27,28)59(12,13)14)41(76-53)37-74-82(23,24)57(6,7)8)34-33-39-35-68(55(72)64-48(39)62)52-46(79-85(29,30)60(15,16)17)44(77-83(25,26)58(9,10)11)40(75-52)36-73-81(21,22)56(3,4)5/h33-35,38,40-41,44-47,52-53H,36-37H2,1-32H3,(H2,62,64,72)(H2,65,66,67,70,71)/b34-33+/t40-,41-,44-,45-,46-,47-,52-,53-/m1/s1. The molecule has 490 valence electrons. The van der Waals surface area contributed by atoms with E-state index in [0.717, 1.165) is 0 Å². The molecule has 0 bridgehead atoms. The maximum atomic E-state index is 14.6. The van der Waals surface area contributed by atoms with Crippen molar-refractivity contribution in [1.82, 2.24) is 29.1 Å². The third-order valence-corrected chi connectivity index (χ3v) is 47.5. The lowest BCUT2D eigenvalue weighted by Gasteiger charge is -2.44. The molecule has 2 fully saturated rings. The molecule has 0 unspecified atom stereocenters. The average molecular weight is 1310 g/mol. The van der Waals surface area contributed by atoms with E-state index in [2.05, 4.69) is 218 Å². The fraction of sp³-hybridized carbons (Fsp3) is 0.803. The van der Waals surface area contributed by atoms with Gasteiger partial charge in [-0.3, -0.25) is 29.0 Å². The number of H-pyrrole nitrogens is 1. The van der Waals surface area contributed by atoms with Crippen molar-refractivity contribution < 1.29 is 40.8 Å². The summed E-state index contributed by atoms with van der Waals surface area (Å²) in [5.74, 6) is -0.615. The van der Waals surface area contributed by atoms with E-state index in [1.165, 1.54) is 4.57 Å². The molecule has 1 amide bonds. The Kier molecular flexibility index (Phi) is 21.5. The summed E-state index contributed by atoms with van der Waals surface area (Å²) in [6.45, 7) is 70.2. The van der Waals surface area contributed by atoms with Gasteiger partial charge < -0.3 is 41.8 Å². The molecular formula is C61H116N8O11Si6. The molecule has 2 aliphatic heterocycles. The van der Waals surface area contributed by atoms with Crippen molar-refractivity contribution in [2.24, 2.45) is 5.92 Å². The van der Waals surface area contributed by atoms with Crippen molar-refractivity contribution in [3.8, 4) is 0 Å². The van der Waals surface area contributed by atoms with E-state index in [0.29, 0.717) is 5.56 Å². The lowest BCUT2D eigenvalue weighted by atomic mass is 10.1. The van der Waals surface area contributed by atoms with Crippen LogP contribution in [0, 0.1) is 5.92 Å². The predicted octanol–water partition coefficient (Wildman–Crippen LogP) is 14.4. The van der Waals surface area contributed by atoms with E-state index in [1.54, 1.807) is 36.8 Å². The van der Waals surface area contributed by atoms with Crippen LogP contribution in [-0.2, 0) is 40.8 Å². The number of amides is 1. The summed E-state index contributed by atoms with van der Waals surface area (Å²) in [6, 6.07) is 0. The Morgan fingerprint density at radius 1 is 0.581 bits per heavy atom. The van der Waals surface area contributed by atoms with Gasteiger partial charge in [0.25, 0.3) is 5.56 Å². The highest BCUT2D eigenvalue weighted by atomic mass is 28.4. The number of fused-ring (bicyclic) bond motifs is 1. The highest BCUT2D eigenvalue weighted by Gasteiger charge is 2.58. The Morgan fingerprint density at radius 2 is 0.953 bits per heavy atom. The summed E-state index contributed by atoms with van der Waals surface area (Å²) in [5.41, 5.74) is 6.07. The van der Waals surface area contributed by atoms with Crippen molar-refractivity contribution in [3.63, 3.8) is 0 Å². The number of carbonyl (C=O) groups excluding carboxylic acids is 1. The smallest absolute Gasteiger partial charge is 0.351 e. The van der Waals surface area contributed by atoms with Crippen LogP contribution in [0.15, 0.2) is 15.8 Å². The number of hydrogen-bond acceptors (Lipinski definition) is 15. The van der Waals surface area contributed by atoms with Crippen LogP contribution in [-0.4, -0.2) is 135 Å². The second-order valence-corrected chi connectivity index (χ2v) is 62.5. The summed E-state index contributed by atoms with van der Waals surface area (Å²) in [6.07, 6.45) is -0.986. The molecule has 2 saturated heterocycles. The van der Waals surface area contributed by atoms with Crippen LogP contribution in [0.25, 0.3) is 23.3 Å². The van der Waals surface area contributed by atoms with Gasteiger partial charge in [0, 0.05) is 17.7 Å². The molecule has 3 aromatic heterocycles. The minimum Gasteiger partial charge on any atom is -0.414 e. The summed E-state index contributed by atoms with van der Waals surface area (Å²) in [4.78, 5) is 59.6. The number of nitrogens with zero attached hydrogens (tertiary/aromatic N) is 5. The Balaban J connectivity index is 1.84. The average Bonchev–Trinajstić information content (AvgIpc) is 1.61. The first-order chi connectivity index (χ1) is 38.4. The topological polar surface area (TPSA) is 227 Å². The number of aromatic amines is 1. The molecule has 0 spiro atoms. The van der Waals surface area contributed by atoms with E-state index >= 15 is 0 Å². The Morgan fingerprint density at radius 3 is 1.34 bits per heavy atom. The van der Waals surface area contributed by atoms with Crippen LogP contribution in [0.5, 0.6) is 0 Å². The number of ether oxygens (including phenoxy) is 2. The zero-order valence-electron chi connectivity index (χ0n) is 59.1. The van der Waals surface area contributed by atoms with Gasteiger partial charge in [0.05, 0.1) is 13.2 Å². The first-order valence-electron chi connectivity index (χ1n) is 31.1. The number of nitrogens with two attached hydrogens (primary N) is 1. The van der Waals surface area contributed by atoms with Gasteiger partial charge in [-0.25, -0.2) is 9.78 Å². The minimum absolute atomic E-state index is 0.00973. The second kappa shape index (κ2) is 25.0. The zero-order valence-corrected chi connectivity index (χ0v) is 65.1. The van der Waals surface area contributed by atoms with Crippen LogP contribution in [0.1, 0.15) is 162 Å². The van der Waals surface area contributed by atoms with Crippen LogP contribution < -0.4 is 22.3 Å². The fourth-order valence-corrected chi connectivity index (χ4v) is 15.6. The molecule has 3 aromatic rings. The SMILES string of the molecule is CC(C)C(=O)Nc1nc2c(nc(/C=C/c3cn([C@@H]4O[C@H](CO[Si](C)(C)C(C)(C)C)[C@@H](O[Si](C)(C)C(C)(C)C)[C@H]4O[Si](C)(C)C(C)(C)C)c(=O)nc3N)n2[C@@H]2O[C@H](CO[Si](C)(C)C(C)(C)C)[C@@H](O[Si](C)(C)C(C)(C)C)[C@H]2O[Si](C)(C)C(C)(C)C)c(=O)[nH]1. The zero-order chi connectivity index (χ0) is 66.3. The molecule has 0 aliphatic carbocycles. The number of nitrogen functional groups attached to an aromatic ring is 1. The number of aromatic nitrogens is 6. The molecule has 5 heterocycles. The molecule has 86 heavy (non-hydrogen) atoms. The van der Waals surface area contributed by atoms with Crippen molar-refractivity contribution in [3.05, 3.63) is 38.4 Å². The molecule has 5 rings (SSSR count). The summed E-state index contributed by atoms with van der Waals surface area (Å²) in [7, 11) is -15.2. The first-order valence-corrected chi connectivity index (χ1v) is 48.5. The lowest BCUT2D eigenvalue weighted by molar-refractivity contribution is -0.118. The largest absolute Gasteiger partial charge is 0.414 e. The number of nitrogens with one attached hydrogen (secondary N) is 2. The van der Waals surface area contributed by atoms with Gasteiger partial charge in [-0.2, -0.15) is 9.97 Å². The molecule has 0 saturated carbocycles. The van der Waals surface area contributed by atoms with E-state index in [-0.39, 0.29) is 78.1 Å². The summed E-state index contributed by atoms with van der Waals surface area (Å²) >= 11 is 0. The van der Waals surface area contributed by atoms with Crippen molar-refractivity contribution in [2.45, 2.75) is 296 Å². The highest BCUT2D eigenvalue weighted by Crippen LogP contribution is 2.50. The van der Waals surface area contributed by atoms with Crippen LogP contribution in [0.3, 0.4) is 0 Å². The second-order valence-electron chi connectivity index (χ2n) is 33.8. The number of anilines is 2. The Bertz CT molecular complexity index is 3040. The van der Waals surface area contributed by atoms with Gasteiger partial charge in [0.15, 0.2) is 73.5 Å². The molecule has 0 aromatic carbocycles. The molecule has 8 atom stereocenters. The van der Waals surface area contributed by atoms with Gasteiger partial charge in [-0.15, -0.1) is 0 Å². The molecule has 25 heteroatoms. The van der Waals surface area contributed by atoms with Crippen LogP contribution >= 0.6 is 0 Å². The van der Waals surface area contributed by atoms with E-state index < -0.39 is 116 Å². The van der Waals surface area contributed by atoms with Crippen molar-refractivity contribution >= 4 is 90.9 Å². The van der Waals surface area contributed by atoms with Gasteiger partial charge in [-0.05, 0) is 121 Å². The minimum atomic E-state index is -2.70. The molecule has 0 radical (unpaired) electrons. The fourth-order valence-electron chi connectivity index (χ4n) is 8.39. The highest BCUT2D eigenvalue weighted by molar-refractivity contribution is 6.76. The third-order valence-electron chi connectivity index (χ3n) is 20.6. The maximum Gasteiger partial charge on any atom is 0.351 e. The summed E-state index contributed by atoms with van der Waals surface area (Å²) in [5, 5.41) is 1.77. The first kappa shape index (κ1) is 74.0. The summed E-state index contributed by atoms with van der Waals surface area (Å²) < 4.78 is 61.8. The van der Waals surface area contributed by atoms with Crippen LogP contribution in [0.2, 0.25) is 109 Å². The normalized spacial score (nSPS) is 23.2. The monoisotopic (exact) mass is 1300 g/mol. The van der Waals surface area contributed by atoms with E-state index in [4.69, 9.17) is 51.7 Å². The maximum absolute atomic E-state index is 14.6. The molecular weight excluding hydrogens is 1190 g/mol. The van der Waals surface area contributed by atoms with Gasteiger partial charge in [0.1, 0.15) is 48.3 Å². The molecule has 19 nitrogen and oxygen atoms in total. The lowest BCUT2D eigenvalue weighted by Crippen LogP contribution is -2.54. The van der Waals surface area contributed by atoms with Gasteiger partial charge in [0.2, 0.25) is 11.9 Å². The third kappa shape index (κ3) is 16.1. The molecule has 4 N–H and O–H groups in total. The van der Waals surface area contributed by atoms with Gasteiger partial charge >= 0.3 is 5.69 Å². The molecule has 2 aliphatic rings. The Labute approximate surface area is 522 Å². The van der Waals surface area contributed by atoms with Gasteiger partial charge in [-0.1, -0.05) is 138 Å². The number of hydrogen-bond donors (Lipinski definition) is 3. The van der Waals surface area contributed by atoms with E-state index in [9.17, 15) is 14.4 Å². The number of rotatable bonds is 20. The van der Waals surface area contributed by atoms with E-state index in [1.807, 2.05) is 0 Å².